The van der Waals surface area contributed by atoms with E-state index in [1.54, 1.807) is 0 Å². The van der Waals surface area contributed by atoms with E-state index >= 15 is 0 Å². The van der Waals surface area contributed by atoms with Crippen LogP contribution in [0.2, 0.25) is 0 Å². The van der Waals surface area contributed by atoms with E-state index in [0.29, 0.717) is 19.4 Å². The van der Waals surface area contributed by atoms with Crippen molar-refractivity contribution in [3.8, 4) is 0 Å². The maximum Gasteiger partial charge on any atom is 0.472 e. The fraction of sp³-hybridized carbons (Fsp3) is 0.946. The minimum atomic E-state index is -5.59. The van der Waals surface area contributed by atoms with Gasteiger partial charge in [-0.1, -0.05) is 129 Å². The highest BCUT2D eigenvalue weighted by Gasteiger charge is 2.56. The average molecular weight is 930 g/mol. The molecule has 0 aromatic carbocycles. The molecule has 0 bridgehead atoms. The molecule has 0 spiro atoms. The number of rotatable bonds is 37. The molecule has 20 nitrogen and oxygen atoms in total. The first-order chi connectivity index (χ1) is 28.3. The second kappa shape index (κ2) is 31.9. The van der Waals surface area contributed by atoms with Crippen molar-refractivity contribution in [2.24, 2.45) is 5.73 Å². The molecule has 0 radical (unpaired) electrons. The van der Waals surface area contributed by atoms with E-state index < -0.39 is 91.3 Å². The van der Waals surface area contributed by atoms with E-state index in [-0.39, 0.29) is 12.8 Å². The van der Waals surface area contributed by atoms with E-state index in [0.717, 1.165) is 83.5 Å². The summed E-state index contributed by atoms with van der Waals surface area (Å²) in [5.74, 6) is -1.31. The first kappa shape index (κ1) is 57.1. The lowest BCUT2D eigenvalue weighted by Crippen LogP contribution is -2.65. The highest BCUT2D eigenvalue weighted by Crippen LogP contribution is 2.51. The number of aliphatic hydroxyl groups excluding tert-OH is 3. The second-order valence-electron chi connectivity index (χ2n) is 15.4. The van der Waals surface area contributed by atoms with Gasteiger partial charge in [-0.2, -0.15) is 0 Å². The van der Waals surface area contributed by atoms with Crippen molar-refractivity contribution in [3.05, 3.63) is 0 Å². The Kier molecular flexibility index (Phi) is 30.3. The van der Waals surface area contributed by atoms with Gasteiger partial charge in [-0.05, 0) is 25.8 Å². The fourth-order valence-corrected chi connectivity index (χ4v) is 8.87. The third kappa shape index (κ3) is 28.0. The third-order valence-corrected chi connectivity index (χ3v) is 12.0. The van der Waals surface area contributed by atoms with Gasteiger partial charge in [-0.3, -0.25) is 27.7 Å². The van der Waals surface area contributed by atoms with Crippen LogP contribution in [0.4, 0.5) is 0 Å². The Morgan fingerprint density at radius 2 is 0.900 bits per heavy atom. The highest BCUT2D eigenvalue weighted by molar-refractivity contribution is 7.47. The molecule has 8 atom stereocenters. The van der Waals surface area contributed by atoms with E-state index in [1.807, 2.05) is 0 Å². The van der Waals surface area contributed by atoms with Gasteiger partial charge in [0.2, 0.25) is 0 Å². The van der Waals surface area contributed by atoms with Crippen molar-refractivity contribution in [1.29, 1.82) is 0 Å². The van der Waals surface area contributed by atoms with Gasteiger partial charge in [-0.15, -0.1) is 0 Å². The van der Waals surface area contributed by atoms with Crippen LogP contribution in [0.15, 0.2) is 0 Å². The van der Waals surface area contributed by atoms with Gasteiger partial charge in [-0.25, -0.2) is 13.7 Å². The van der Waals surface area contributed by atoms with Crippen molar-refractivity contribution in [2.45, 2.75) is 204 Å². The van der Waals surface area contributed by atoms with Crippen LogP contribution in [0.5, 0.6) is 0 Å². The maximum absolute atomic E-state index is 13.0. The van der Waals surface area contributed by atoms with Crippen LogP contribution in [-0.2, 0) is 50.9 Å². The Bertz CT molecular complexity index is 1300. The molecule has 1 rings (SSSR count). The first-order valence-corrected chi connectivity index (χ1v) is 26.1. The quantitative estimate of drug-likeness (QED) is 0.0216. The molecule has 1 aliphatic rings. The molecule has 0 aromatic heterocycles. The van der Waals surface area contributed by atoms with E-state index in [2.05, 4.69) is 16.0 Å². The first-order valence-electron chi connectivity index (χ1n) is 21.5. The van der Waals surface area contributed by atoms with Crippen LogP contribution in [-0.4, -0.2) is 114 Å². The predicted octanol–water partition coefficient (Wildman–Crippen LogP) is 5.34. The molecule has 4 unspecified atom stereocenters. The Balaban J connectivity index is 2.79. The summed E-state index contributed by atoms with van der Waals surface area (Å²) < 4.78 is 65.2. The molecule has 0 amide bonds. The van der Waals surface area contributed by atoms with Gasteiger partial charge in [0.25, 0.3) is 0 Å². The summed E-state index contributed by atoms with van der Waals surface area (Å²) in [5, 5.41) is 31.7. The normalized spacial score (nSPS) is 22.6. The van der Waals surface area contributed by atoms with Gasteiger partial charge in [0, 0.05) is 12.8 Å². The number of nitrogens with two attached hydrogens (primary N) is 1. The zero-order valence-electron chi connectivity index (χ0n) is 35.1. The van der Waals surface area contributed by atoms with Crippen LogP contribution in [0.25, 0.3) is 0 Å². The van der Waals surface area contributed by atoms with Crippen LogP contribution >= 0.6 is 23.5 Å². The standard InChI is InChI=1S/C37H74NO19P3/c1-2-3-4-5-6-7-8-9-10-12-16-19-22-25-31(40)54-29(27-52-30(39)24-21-18-15-13-11-14-17-20-23-26-38)28-53-60(50,51)57-35-32(41)33(42)36(55-58(44,45)46)37(34(35)43)56-59(47,48)49/h29,32-37,41-43H,2-28,38H2,1H3,(H,50,51)(H2,44,45,46)(H2,47,48,49)/t29-,32?,33+,34-,35?,36?,37-/m1/s1. The summed E-state index contributed by atoms with van der Waals surface area (Å²) in [6.45, 7) is 1.41. The minimum absolute atomic E-state index is 0.000330. The number of unbranched alkanes of at least 4 members (excludes halogenated alkanes) is 20. The van der Waals surface area contributed by atoms with E-state index in [1.165, 1.54) is 44.9 Å². The lowest BCUT2D eigenvalue weighted by atomic mass is 9.85. The number of ether oxygens (including phenoxy) is 2. The number of esters is 2. The van der Waals surface area contributed by atoms with Crippen LogP contribution in [0.1, 0.15) is 161 Å². The van der Waals surface area contributed by atoms with Crippen molar-refractivity contribution < 1.29 is 90.6 Å². The van der Waals surface area contributed by atoms with Crippen molar-refractivity contribution in [2.75, 3.05) is 19.8 Å². The summed E-state index contributed by atoms with van der Waals surface area (Å²) in [6.07, 6.45) is 6.80. The maximum atomic E-state index is 13.0. The smallest absolute Gasteiger partial charge is 0.462 e. The second-order valence-corrected chi connectivity index (χ2v) is 19.2. The van der Waals surface area contributed by atoms with Gasteiger partial charge in [0.1, 0.15) is 43.2 Å². The fourth-order valence-electron chi connectivity index (χ4n) is 6.77. The number of phosphoric acid groups is 3. The molecule has 10 N–H and O–H groups in total. The number of hydrogen-bond donors (Lipinski definition) is 9. The van der Waals surface area contributed by atoms with Gasteiger partial charge >= 0.3 is 35.4 Å². The molecule has 356 valence electrons. The SMILES string of the molecule is CCCCCCCCCCCCCCCC(=O)O[C@H](COC(=O)CCCCCCCCCCCN)COP(=O)(O)OC1C(O)[C@H](O)C(OP(=O)(O)O)[C@H](OP(=O)(O)O)[C@@H]1O. The molecule has 0 saturated heterocycles. The van der Waals surface area contributed by atoms with E-state index in [4.69, 9.17) is 24.3 Å². The van der Waals surface area contributed by atoms with Crippen molar-refractivity contribution >= 4 is 35.4 Å². The molecule has 0 aromatic rings. The Morgan fingerprint density at radius 3 is 1.33 bits per heavy atom. The van der Waals surface area contributed by atoms with Crippen molar-refractivity contribution in [1.82, 2.24) is 0 Å². The molecule has 1 saturated carbocycles. The van der Waals surface area contributed by atoms with Crippen molar-refractivity contribution in [3.63, 3.8) is 0 Å². The molecule has 23 heteroatoms. The molecule has 0 heterocycles. The summed E-state index contributed by atoms with van der Waals surface area (Å²) in [6, 6.07) is 0. The topological polar surface area (TPSA) is 329 Å². The third-order valence-electron chi connectivity index (χ3n) is 10.0. The van der Waals surface area contributed by atoms with Gasteiger partial charge < -0.3 is 55.0 Å². The summed E-state index contributed by atoms with van der Waals surface area (Å²) in [4.78, 5) is 72.8. The summed E-state index contributed by atoms with van der Waals surface area (Å²) in [5.41, 5.74) is 5.52. The molecule has 60 heavy (non-hydrogen) atoms. The molecule has 0 aliphatic heterocycles. The Hall–Kier alpha value is -0.890. The molecule has 1 fully saturated rings. The Morgan fingerprint density at radius 1 is 0.517 bits per heavy atom. The average Bonchev–Trinajstić information content (AvgIpc) is 3.16. The van der Waals surface area contributed by atoms with Crippen LogP contribution in [0.3, 0.4) is 0 Å². The largest absolute Gasteiger partial charge is 0.472 e. The Labute approximate surface area is 354 Å². The van der Waals surface area contributed by atoms with Crippen LogP contribution < -0.4 is 5.73 Å². The minimum Gasteiger partial charge on any atom is -0.462 e. The number of aliphatic hydroxyl groups is 3. The molecular formula is C37H74NO19P3. The van der Waals surface area contributed by atoms with Gasteiger partial charge in [0.15, 0.2) is 6.10 Å². The summed E-state index contributed by atoms with van der Waals surface area (Å²) in [7, 11) is -16.6. The zero-order chi connectivity index (χ0) is 45.0. The zero-order valence-corrected chi connectivity index (χ0v) is 37.8. The van der Waals surface area contributed by atoms with E-state index in [9.17, 15) is 63.1 Å². The summed E-state index contributed by atoms with van der Waals surface area (Å²) >= 11 is 0. The number of phosphoric ester groups is 3. The monoisotopic (exact) mass is 929 g/mol. The number of carbonyl (C=O) groups excluding carboxylic acids is 2. The lowest BCUT2D eigenvalue weighted by molar-refractivity contribution is -0.213. The van der Waals surface area contributed by atoms with Crippen LogP contribution in [0, 0.1) is 0 Å². The number of carbonyl (C=O) groups is 2. The molecule has 1 aliphatic carbocycles. The van der Waals surface area contributed by atoms with Gasteiger partial charge in [0.05, 0.1) is 6.61 Å². The number of hydrogen-bond acceptors (Lipinski definition) is 15. The predicted molar refractivity (Wildman–Crippen MR) is 219 cm³/mol. The highest BCUT2D eigenvalue weighted by atomic mass is 31.2. The molecular weight excluding hydrogens is 855 g/mol. The lowest BCUT2D eigenvalue weighted by Gasteiger charge is -2.44.